The number of rotatable bonds is 5. The number of hydrogen-bond donors (Lipinski definition) is 2. The summed E-state index contributed by atoms with van der Waals surface area (Å²) in [5, 5.41) is 21.6. The van der Waals surface area contributed by atoms with E-state index in [1.165, 1.54) is 41.5 Å². The predicted molar refractivity (Wildman–Crippen MR) is 106 cm³/mol. The average Bonchev–Trinajstić information content (AvgIpc) is 3.35. The van der Waals surface area contributed by atoms with Gasteiger partial charge >= 0.3 is 7.82 Å². The van der Waals surface area contributed by atoms with Gasteiger partial charge in [-0.25, -0.2) is 19.5 Å². The van der Waals surface area contributed by atoms with Gasteiger partial charge in [-0.15, -0.1) is 0 Å². The number of ether oxygens (including phenoxy) is 1. The van der Waals surface area contributed by atoms with E-state index in [2.05, 4.69) is 15.0 Å². The molecule has 0 bridgehead atoms. The first-order valence-electron chi connectivity index (χ1n) is 9.42. The Kier molecular flexibility index (Phi) is 5.12. The number of fused-ring (bicyclic) bond motifs is 2. The van der Waals surface area contributed by atoms with Crippen molar-refractivity contribution >= 4 is 30.5 Å². The molecule has 0 radical (unpaired) electrons. The summed E-state index contributed by atoms with van der Waals surface area (Å²) in [5.41, 5.74) is 6.96. The van der Waals surface area contributed by atoms with Crippen LogP contribution in [-0.2, 0) is 29.5 Å². The molecule has 0 unspecified atom stereocenters. The number of nitro groups is 1. The lowest BCUT2D eigenvalue weighted by Gasteiger charge is -2.30. The molecule has 0 spiro atoms. The van der Waals surface area contributed by atoms with E-state index in [4.69, 9.17) is 24.0 Å². The highest BCUT2D eigenvalue weighted by Gasteiger charge is 2.53. The van der Waals surface area contributed by atoms with E-state index < -0.39 is 37.3 Å². The van der Waals surface area contributed by atoms with Gasteiger partial charge < -0.3 is 15.6 Å². The lowest BCUT2D eigenvalue weighted by Crippen LogP contribution is -2.39. The zero-order valence-corrected chi connectivity index (χ0v) is 17.1. The van der Waals surface area contributed by atoms with Crippen LogP contribution in [0.3, 0.4) is 0 Å². The van der Waals surface area contributed by atoms with E-state index in [0.717, 1.165) is 0 Å². The van der Waals surface area contributed by atoms with Gasteiger partial charge in [0.2, 0.25) is 0 Å². The highest BCUT2D eigenvalue weighted by Crippen LogP contribution is 2.57. The number of aliphatic hydroxyl groups excluding tert-OH is 1. The summed E-state index contributed by atoms with van der Waals surface area (Å²) in [5.74, 6) is 0.183. The number of aromatic nitrogens is 4. The van der Waals surface area contributed by atoms with Crippen molar-refractivity contribution in [3.63, 3.8) is 0 Å². The van der Waals surface area contributed by atoms with E-state index in [1.54, 1.807) is 0 Å². The number of nitrogens with zero attached hydrogens (tertiary/aromatic N) is 5. The molecule has 32 heavy (non-hydrogen) atoms. The van der Waals surface area contributed by atoms with Crippen LogP contribution >= 0.6 is 7.82 Å². The lowest BCUT2D eigenvalue weighted by molar-refractivity contribution is -0.384. The van der Waals surface area contributed by atoms with Gasteiger partial charge in [-0.3, -0.25) is 28.3 Å². The third kappa shape index (κ3) is 3.62. The molecule has 3 aromatic rings. The van der Waals surface area contributed by atoms with Crippen LogP contribution in [0.25, 0.3) is 11.2 Å². The fourth-order valence-electron chi connectivity index (χ4n) is 3.55. The number of nitro benzene ring substituents is 1. The molecule has 2 aliphatic heterocycles. The molecule has 0 amide bonds. The van der Waals surface area contributed by atoms with Crippen LogP contribution in [0.4, 0.5) is 11.5 Å². The highest BCUT2D eigenvalue weighted by atomic mass is 31.2. The maximum atomic E-state index is 12.9. The average molecular weight is 464 g/mol. The van der Waals surface area contributed by atoms with Gasteiger partial charge in [0.05, 0.1) is 24.5 Å². The lowest BCUT2D eigenvalue weighted by atomic mass is 10.1. The normalized spacial score (nSPS) is 29.8. The summed E-state index contributed by atoms with van der Waals surface area (Å²) in [7, 11) is -4.02. The summed E-state index contributed by atoms with van der Waals surface area (Å²) in [4.78, 5) is 22.4. The molecular weight excluding hydrogens is 447 g/mol. The van der Waals surface area contributed by atoms with E-state index in [0.29, 0.717) is 16.7 Å². The van der Waals surface area contributed by atoms with Crippen LogP contribution in [-0.4, -0.2) is 54.5 Å². The second kappa shape index (κ2) is 7.85. The van der Waals surface area contributed by atoms with Crippen molar-refractivity contribution in [2.45, 2.75) is 31.1 Å². The number of phosphoric acid groups is 1. The van der Waals surface area contributed by atoms with Crippen LogP contribution in [0, 0.1) is 10.1 Å². The first-order valence-corrected chi connectivity index (χ1v) is 10.9. The number of nitrogen functional groups attached to an aromatic ring is 1. The summed E-state index contributed by atoms with van der Waals surface area (Å²) < 4.78 is 36.4. The van der Waals surface area contributed by atoms with Gasteiger partial charge in [-0.2, -0.15) is 0 Å². The molecular formula is C17H17N6O8P. The molecule has 2 aliphatic rings. The standard InChI is InChI=1S/C17H17N6O8P/c18-15-12-16(20-7-19-15)22(8-21-12)17-13(24)14-11(30-17)6-29-32(27,31-14)28-5-9-1-3-10(4-2-9)23(25)26/h1-4,7-8,11,13-14,17,24H,5-6H2,(H2,18,19,20)/t11-,13-,14-,17-,32-/m1/s1. The van der Waals surface area contributed by atoms with E-state index >= 15 is 0 Å². The minimum atomic E-state index is -4.02. The molecule has 3 N–H and O–H groups in total. The number of phosphoric ester groups is 1. The van der Waals surface area contributed by atoms with Crippen LogP contribution in [0.1, 0.15) is 11.8 Å². The van der Waals surface area contributed by atoms with Crippen molar-refractivity contribution in [3.05, 3.63) is 52.6 Å². The molecule has 2 fully saturated rings. The van der Waals surface area contributed by atoms with Crippen molar-refractivity contribution in [1.29, 1.82) is 0 Å². The summed E-state index contributed by atoms with van der Waals surface area (Å²) in [6.07, 6.45) is -1.19. The number of hydrogen-bond acceptors (Lipinski definition) is 12. The quantitative estimate of drug-likeness (QED) is 0.314. The van der Waals surface area contributed by atoms with Crippen molar-refractivity contribution in [2.24, 2.45) is 0 Å². The smallest absolute Gasteiger partial charge is 0.386 e. The second-order valence-corrected chi connectivity index (χ2v) is 8.77. The minimum absolute atomic E-state index is 0.0790. The number of aliphatic hydroxyl groups is 1. The first kappa shape index (κ1) is 20.9. The predicted octanol–water partition coefficient (Wildman–Crippen LogP) is 1.32. The molecule has 1 aromatic carbocycles. The molecule has 0 aliphatic carbocycles. The Labute approximate surface area is 179 Å². The zero-order chi connectivity index (χ0) is 22.5. The molecule has 14 nitrogen and oxygen atoms in total. The highest BCUT2D eigenvalue weighted by molar-refractivity contribution is 7.48. The molecule has 2 aromatic heterocycles. The number of non-ortho nitro benzene ring substituents is 1. The maximum absolute atomic E-state index is 12.9. The van der Waals surface area contributed by atoms with Crippen molar-refractivity contribution in [1.82, 2.24) is 19.5 Å². The van der Waals surface area contributed by atoms with Crippen molar-refractivity contribution < 1.29 is 32.9 Å². The van der Waals surface area contributed by atoms with Gasteiger partial charge in [0.25, 0.3) is 5.69 Å². The Morgan fingerprint density at radius 1 is 1.31 bits per heavy atom. The van der Waals surface area contributed by atoms with E-state index in [1.807, 2.05) is 0 Å². The van der Waals surface area contributed by atoms with Crippen LogP contribution in [0.15, 0.2) is 36.9 Å². The van der Waals surface area contributed by atoms with Gasteiger partial charge in [0, 0.05) is 12.1 Å². The first-order chi connectivity index (χ1) is 15.3. The van der Waals surface area contributed by atoms with Gasteiger partial charge in [-0.05, 0) is 17.7 Å². The molecule has 168 valence electrons. The molecule has 5 rings (SSSR count). The number of anilines is 1. The largest absolute Gasteiger partial charge is 0.475 e. The number of nitrogens with two attached hydrogens (primary N) is 1. The van der Waals surface area contributed by atoms with Crippen molar-refractivity contribution in [3.8, 4) is 0 Å². The van der Waals surface area contributed by atoms with Gasteiger partial charge in [0.15, 0.2) is 17.7 Å². The summed E-state index contributed by atoms with van der Waals surface area (Å²) in [6, 6.07) is 5.55. The molecule has 15 heteroatoms. The monoisotopic (exact) mass is 464 g/mol. The fourth-order valence-corrected chi connectivity index (χ4v) is 4.94. The maximum Gasteiger partial charge on any atom is 0.475 e. The Morgan fingerprint density at radius 2 is 2.09 bits per heavy atom. The molecule has 5 atom stereocenters. The number of imidazole rings is 1. The fraction of sp³-hybridized carbons (Fsp3) is 0.353. The molecule has 0 saturated carbocycles. The summed E-state index contributed by atoms with van der Waals surface area (Å²) in [6.45, 7) is -0.311. The third-order valence-electron chi connectivity index (χ3n) is 5.15. The second-order valence-electron chi connectivity index (χ2n) is 7.15. The molecule has 2 saturated heterocycles. The Hall–Kier alpha value is -3.00. The van der Waals surface area contributed by atoms with Gasteiger partial charge in [0.1, 0.15) is 30.2 Å². The topological polar surface area (TPSA) is 187 Å². The minimum Gasteiger partial charge on any atom is -0.386 e. The Bertz CT molecular complexity index is 1220. The van der Waals surface area contributed by atoms with Gasteiger partial charge in [-0.1, -0.05) is 0 Å². The van der Waals surface area contributed by atoms with E-state index in [-0.39, 0.29) is 24.7 Å². The SMILES string of the molecule is Nc1ncnc2c1ncn2[C@@H]1O[C@@H]2CO[P@@](=O)(OCc3ccc([N+](=O)[O-])cc3)O[C@H]2[C@H]1O. The Morgan fingerprint density at radius 3 is 2.84 bits per heavy atom. The van der Waals surface area contributed by atoms with Crippen LogP contribution < -0.4 is 5.73 Å². The third-order valence-corrected chi connectivity index (χ3v) is 6.57. The Balaban J connectivity index is 1.29. The van der Waals surface area contributed by atoms with E-state index in [9.17, 15) is 19.8 Å². The van der Waals surface area contributed by atoms with Crippen molar-refractivity contribution in [2.75, 3.05) is 12.3 Å². The van der Waals surface area contributed by atoms with Crippen LogP contribution in [0.2, 0.25) is 0 Å². The molecule has 4 heterocycles. The summed E-state index contributed by atoms with van der Waals surface area (Å²) >= 11 is 0. The zero-order valence-electron chi connectivity index (χ0n) is 16.3. The van der Waals surface area contributed by atoms with Crippen LogP contribution in [0.5, 0.6) is 0 Å². The number of benzene rings is 1.